The zero-order valence-electron chi connectivity index (χ0n) is 10.9. The minimum Gasteiger partial charge on any atom is -0.487 e. The number of rotatable bonds is 5. The Hall–Kier alpha value is -0.670. The van der Waals surface area contributed by atoms with E-state index < -0.39 is 0 Å². The molecule has 1 aliphatic carbocycles. The molecule has 1 heterocycles. The van der Waals surface area contributed by atoms with Crippen molar-refractivity contribution in [1.29, 1.82) is 0 Å². The second-order valence-electron chi connectivity index (χ2n) is 5.23. The molecule has 0 radical (unpaired) electrons. The highest BCUT2D eigenvalue weighted by Crippen LogP contribution is 2.40. The Kier molecular flexibility index (Phi) is 3.80. The first kappa shape index (κ1) is 12.4. The maximum absolute atomic E-state index is 6.21. The summed E-state index contributed by atoms with van der Waals surface area (Å²) in [6.45, 7) is 3.33. The zero-order valence-corrected chi connectivity index (χ0v) is 11.7. The number of benzene rings is 1. The molecule has 0 spiro atoms. The molecule has 0 amide bonds. The highest BCUT2D eigenvalue weighted by molar-refractivity contribution is 7.99. The van der Waals surface area contributed by atoms with Crippen LogP contribution in [0.2, 0.25) is 0 Å². The molecular weight excluding hydrogens is 242 g/mol. The number of hydrogen-bond donors (Lipinski definition) is 1. The second kappa shape index (κ2) is 5.54. The summed E-state index contributed by atoms with van der Waals surface area (Å²) >= 11 is 1.94. The third-order valence-corrected chi connectivity index (χ3v) is 4.83. The van der Waals surface area contributed by atoms with Crippen molar-refractivity contribution in [3.05, 3.63) is 24.3 Å². The number of nitrogens with one attached hydrogen (secondary N) is 1. The van der Waals surface area contributed by atoms with Gasteiger partial charge in [0.1, 0.15) is 11.9 Å². The normalized spacial score (nSPS) is 24.2. The topological polar surface area (TPSA) is 21.3 Å². The Morgan fingerprint density at radius 2 is 2.22 bits per heavy atom. The van der Waals surface area contributed by atoms with E-state index in [9.17, 15) is 0 Å². The summed E-state index contributed by atoms with van der Waals surface area (Å²) in [5.41, 5.74) is 0. The van der Waals surface area contributed by atoms with E-state index in [0.29, 0.717) is 12.1 Å². The van der Waals surface area contributed by atoms with Crippen molar-refractivity contribution < 1.29 is 4.74 Å². The van der Waals surface area contributed by atoms with Gasteiger partial charge in [-0.25, -0.2) is 0 Å². The van der Waals surface area contributed by atoms with Crippen LogP contribution in [0.4, 0.5) is 0 Å². The van der Waals surface area contributed by atoms with Crippen LogP contribution < -0.4 is 10.1 Å². The molecule has 0 aromatic heterocycles. The molecule has 18 heavy (non-hydrogen) atoms. The van der Waals surface area contributed by atoms with Gasteiger partial charge >= 0.3 is 0 Å². The van der Waals surface area contributed by atoms with Gasteiger partial charge in [-0.2, -0.15) is 0 Å². The minimum absolute atomic E-state index is 0.337. The predicted octanol–water partition coefficient (Wildman–Crippen LogP) is 3.32. The minimum atomic E-state index is 0.337. The predicted molar refractivity (Wildman–Crippen MR) is 76.4 cm³/mol. The summed E-state index contributed by atoms with van der Waals surface area (Å²) in [6, 6.07) is 8.95. The van der Waals surface area contributed by atoms with Crippen molar-refractivity contribution >= 4 is 11.8 Å². The average molecular weight is 263 g/mol. The smallest absolute Gasteiger partial charge is 0.133 e. The lowest BCUT2D eigenvalue weighted by Gasteiger charge is -2.32. The molecule has 1 N–H and O–H groups in total. The third-order valence-electron chi connectivity index (χ3n) is 3.69. The van der Waals surface area contributed by atoms with E-state index >= 15 is 0 Å². The summed E-state index contributed by atoms with van der Waals surface area (Å²) in [5, 5.41) is 3.69. The fraction of sp³-hybridized carbons (Fsp3) is 0.600. The zero-order chi connectivity index (χ0) is 12.4. The standard InChI is InChI=1S/C15H21NOS/c1-2-9-16-15(11-7-8-11)13-10-18-14-6-4-3-5-12(14)17-13/h3-6,11,13,15-16H,2,7-10H2,1H3. The summed E-state index contributed by atoms with van der Waals surface area (Å²) < 4.78 is 6.21. The van der Waals surface area contributed by atoms with E-state index in [1.54, 1.807) is 0 Å². The van der Waals surface area contributed by atoms with Gasteiger partial charge in [0.05, 0.1) is 0 Å². The molecule has 2 nitrogen and oxygen atoms in total. The van der Waals surface area contributed by atoms with Crippen LogP contribution in [0.15, 0.2) is 29.2 Å². The van der Waals surface area contributed by atoms with Crippen molar-refractivity contribution in [3.63, 3.8) is 0 Å². The molecule has 2 atom stereocenters. The largest absolute Gasteiger partial charge is 0.487 e. The van der Waals surface area contributed by atoms with Gasteiger partial charge in [-0.3, -0.25) is 0 Å². The Morgan fingerprint density at radius 3 is 3.00 bits per heavy atom. The Morgan fingerprint density at radius 1 is 1.39 bits per heavy atom. The number of thioether (sulfide) groups is 1. The van der Waals surface area contributed by atoms with E-state index in [-0.39, 0.29) is 0 Å². The summed E-state index contributed by atoms with van der Waals surface area (Å²) in [7, 11) is 0. The summed E-state index contributed by atoms with van der Waals surface area (Å²) in [4.78, 5) is 1.29. The van der Waals surface area contributed by atoms with Crippen LogP contribution in [0.1, 0.15) is 26.2 Å². The maximum atomic E-state index is 6.21. The van der Waals surface area contributed by atoms with Gasteiger partial charge in [0.2, 0.25) is 0 Å². The van der Waals surface area contributed by atoms with Gasteiger partial charge in [0.25, 0.3) is 0 Å². The van der Waals surface area contributed by atoms with Crippen molar-refractivity contribution in [2.45, 2.75) is 43.2 Å². The second-order valence-corrected chi connectivity index (χ2v) is 6.29. The third kappa shape index (κ3) is 2.67. The molecule has 2 unspecified atom stereocenters. The lowest BCUT2D eigenvalue weighted by molar-refractivity contribution is 0.154. The van der Waals surface area contributed by atoms with Gasteiger partial charge < -0.3 is 10.1 Å². The molecular formula is C15H21NOS. The highest BCUT2D eigenvalue weighted by Gasteiger charge is 2.38. The van der Waals surface area contributed by atoms with E-state index in [4.69, 9.17) is 4.74 Å². The van der Waals surface area contributed by atoms with Crippen LogP contribution in [-0.2, 0) is 0 Å². The van der Waals surface area contributed by atoms with Crippen LogP contribution >= 0.6 is 11.8 Å². The van der Waals surface area contributed by atoms with Crippen LogP contribution in [0.5, 0.6) is 5.75 Å². The molecule has 98 valence electrons. The molecule has 1 aromatic rings. The van der Waals surface area contributed by atoms with Gasteiger partial charge in [-0.05, 0) is 43.9 Å². The van der Waals surface area contributed by atoms with E-state index in [0.717, 1.165) is 24.0 Å². The fourth-order valence-electron chi connectivity index (χ4n) is 2.58. The lowest BCUT2D eigenvalue weighted by atomic mass is 10.1. The fourth-order valence-corrected chi connectivity index (χ4v) is 3.63. The van der Waals surface area contributed by atoms with Crippen molar-refractivity contribution in [3.8, 4) is 5.75 Å². The number of fused-ring (bicyclic) bond motifs is 1. The summed E-state index contributed by atoms with van der Waals surface area (Å²) in [6.07, 6.45) is 4.27. The van der Waals surface area contributed by atoms with Crippen molar-refractivity contribution in [2.75, 3.05) is 12.3 Å². The molecule has 3 rings (SSSR count). The molecule has 1 aromatic carbocycles. The van der Waals surface area contributed by atoms with E-state index in [2.05, 4.69) is 36.5 Å². The van der Waals surface area contributed by atoms with Crippen LogP contribution in [-0.4, -0.2) is 24.4 Å². The quantitative estimate of drug-likeness (QED) is 0.880. The first-order valence-corrected chi connectivity index (χ1v) is 7.99. The first-order valence-electron chi connectivity index (χ1n) is 7.00. The molecule has 3 heteroatoms. The monoisotopic (exact) mass is 263 g/mol. The molecule has 0 saturated heterocycles. The molecule has 2 aliphatic rings. The SMILES string of the molecule is CCCNC(C1CC1)C1CSc2ccccc2O1. The Bertz CT molecular complexity index is 405. The molecule has 1 saturated carbocycles. The van der Waals surface area contributed by atoms with Gasteiger partial charge in [-0.15, -0.1) is 11.8 Å². The highest BCUT2D eigenvalue weighted by atomic mass is 32.2. The Labute approximate surface area is 113 Å². The number of hydrogen-bond acceptors (Lipinski definition) is 3. The lowest BCUT2D eigenvalue weighted by Crippen LogP contribution is -2.47. The van der Waals surface area contributed by atoms with E-state index in [1.165, 1.54) is 24.2 Å². The Balaban J connectivity index is 1.69. The molecule has 1 fully saturated rings. The number of ether oxygens (including phenoxy) is 1. The number of para-hydroxylation sites is 1. The van der Waals surface area contributed by atoms with Crippen molar-refractivity contribution in [1.82, 2.24) is 5.32 Å². The van der Waals surface area contributed by atoms with Crippen LogP contribution in [0.3, 0.4) is 0 Å². The van der Waals surface area contributed by atoms with Gasteiger partial charge in [0, 0.05) is 16.7 Å². The summed E-state index contributed by atoms with van der Waals surface area (Å²) in [5.74, 6) is 2.99. The van der Waals surface area contributed by atoms with E-state index in [1.807, 2.05) is 11.8 Å². The van der Waals surface area contributed by atoms with Gasteiger partial charge in [0.15, 0.2) is 0 Å². The average Bonchev–Trinajstić information content (AvgIpc) is 3.24. The molecule has 1 aliphatic heterocycles. The van der Waals surface area contributed by atoms with Gasteiger partial charge in [-0.1, -0.05) is 19.1 Å². The first-order chi connectivity index (χ1) is 8.88. The van der Waals surface area contributed by atoms with Crippen LogP contribution in [0, 0.1) is 5.92 Å². The maximum Gasteiger partial charge on any atom is 0.133 e. The van der Waals surface area contributed by atoms with Crippen molar-refractivity contribution in [2.24, 2.45) is 5.92 Å². The van der Waals surface area contributed by atoms with Crippen LogP contribution in [0.25, 0.3) is 0 Å². The molecule has 0 bridgehead atoms.